The van der Waals surface area contributed by atoms with Gasteiger partial charge in [-0.1, -0.05) is 30.3 Å². The van der Waals surface area contributed by atoms with Crippen molar-refractivity contribution in [3.05, 3.63) is 42.2 Å². The van der Waals surface area contributed by atoms with Gasteiger partial charge < -0.3 is 15.2 Å². The first kappa shape index (κ1) is 16.4. The van der Waals surface area contributed by atoms with Crippen LogP contribution < -0.4 is 5.32 Å². The number of aromatic nitrogens is 2. The topological polar surface area (TPSA) is 67.3 Å². The highest BCUT2D eigenvalue weighted by atomic mass is 32.1. The van der Waals surface area contributed by atoms with Gasteiger partial charge in [-0.15, -0.1) is 11.3 Å². The van der Waals surface area contributed by atoms with Crippen molar-refractivity contribution in [3.8, 4) is 10.4 Å². The van der Waals surface area contributed by atoms with Gasteiger partial charge in [0.1, 0.15) is 16.5 Å². The van der Waals surface area contributed by atoms with E-state index in [0.29, 0.717) is 32.6 Å². The van der Waals surface area contributed by atoms with Gasteiger partial charge in [0.25, 0.3) is 0 Å². The minimum Gasteiger partial charge on any atom is -0.388 e. The molecule has 1 aliphatic heterocycles. The number of anilines is 1. The first-order valence-corrected chi connectivity index (χ1v) is 9.32. The van der Waals surface area contributed by atoms with Crippen molar-refractivity contribution in [2.45, 2.75) is 25.4 Å². The molecule has 0 unspecified atom stereocenters. The van der Waals surface area contributed by atoms with E-state index in [0.717, 1.165) is 21.9 Å². The third-order valence-corrected chi connectivity index (χ3v) is 5.65. The molecule has 0 amide bonds. The summed E-state index contributed by atoms with van der Waals surface area (Å²) in [7, 11) is 0. The normalized spacial score (nSPS) is 16.9. The minimum absolute atomic E-state index is 0.471. The lowest BCUT2D eigenvalue weighted by Gasteiger charge is -2.32. The Bertz CT molecular complexity index is 873. The van der Waals surface area contributed by atoms with Gasteiger partial charge in [-0.2, -0.15) is 0 Å². The Morgan fingerprint density at radius 1 is 1.20 bits per heavy atom. The summed E-state index contributed by atoms with van der Waals surface area (Å²) in [6.45, 7) is 3.58. The lowest BCUT2D eigenvalue weighted by Crippen LogP contribution is -2.42. The van der Waals surface area contributed by atoms with Crippen LogP contribution in [-0.2, 0) is 4.74 Å². The Balaban J connectivity index is 1.65. The van der Waals surface area contributed by atoms with Crippen molar-refractivity contribution >= 4 is 27.4 Å². The molecule has 2 N–H and O–H groups in total. The van der Waals surface area contributed by atoms with Crippen LogP contribution in [0.15, 0.2) is 36.4 Å². The molecule has 1 fully saturated rings. The zero-order valence-corrected chi connectivity index (χ0v) is 15.0. The Labute approximate surface area is 150 Å². The molecule has 1 saturated heterocycles. The van der Waals surface area contributed by atoms with Crippen LogP contribution in [0, 0.1) is 6.92 Å². The summed E-state index contributed by atoms with van der Waals surface area (Å²) < 4.78 is 5.35. The van der Waals surface area contributed by atoms with E-state index in [4.69, 9.17) is 4.74 Å². The fraction of sp³-hybridized carbons (Fsp3) is 0.368. The molecule has 1 aromatic carbocycles. The van der Waals surface area contributed by atoms with Gasteiger partial charge in [-0.25, -0.2) is 9.97 Å². The second-order valence-electron chi connectivity index (χ2n) is 6.51. The number of ether oxygens (including phenoxy) is 1. The van der Waals surface area contributed by atoms with Crippen LogP contribution in [0.4, 0.5) is 5.82 Å². The Hall–Kier alpha value is -2.02. The highest BCUT2D eigenvalue weighted by molar-refractivity contribution is 7.21. The van der Waals surface area contributed by atoms with E-state index in [1.807, 2.05) is 25.1 Å². The van der Waals surface area contributed by atoms with Crippen molar-refractivity contribution in [1.29, 1.82) is 0 Å². The molecule has 0 saturated carbocycles. The third-order valence-electron chi connectivity index (χ3n) is 4.57. The molecule has 6 heteroatoms. The van der Waals surface area contributed by atoms with E-state index < -0.39 is 5.60 Å². The number of aliphatic hydroxyl groups is 1. The van der Waals surface area contributed by atoms with E-state index in [2.05, 4.69) is 33.5 Å². The van der Waals surface area contributed by atoms with Crippen molar-refractivity contribution in [2.75, 3.05) is 25.1 Å². The molecule has 0 bridgehead atoms. The van der Waals surface area contributed by atoms with Crippen LogP contribution in [0.2, 0.25) is 0 Å². The summed E-state index contributed by atoms with van der Waals surface area (Å²) in [5, 5.41) is 15.0. The van der Waals surface area contributed by atoms with E-state index in [1.54, 1.807) is 11.3 Å². The highest BCUT2D eigenvalue weighted by Gasteiger charge is 2.30. The second-order valence-corrected chi connectivity index (χ2v) is 7.54. The van der Waals surface area contributed by atoms with Crippen LogP contribution >= 0.6 is 11.3 Å². The van der Waals surface area contributed by atoms with E-state index in [1.165, 1.54) is 10.4 Å². The summed E-state index contributed by atoms with van der Waals surface area (Å²) in [5.74, 6) is 1.52. The number of aryl methyl sites for hydroxylation is 1. The average molecular weight is 355 g/mol. The van der Waals surface area contributed by atoms with Gasteiger partial charge in [0, 0.05) is 37.5 Å². The first-order chi connectivity index (χ1) is 12.1. The Morgan fingerprint density at radius 2 is 1.96 bits per heavy atom. The average Bonchev–Trinajstić information content (AvgIpc) is 3.05. The number of hydrogen-bond donors (Lipinski definition) is 2. The quantitative estimate of drug-likeness (QED) is 0.748. The van der Waals surface area contributed by atoms with Crippen molar-refractivity contribution in [2.24, 2.45) is 0 Å². The summed E-state index contributed by atoms with van der Waals surface area (Å²) in [6, 6.07) is 12.4. The summed E-state index contributed by atoms with van der Waals surface area (Å²) in [5.41, 5.74) is 0.444. The Kier molecular flexibility index (Phi) is 4.41. The monoisotopic (exact) mass is 355 g/mol. The molecule has 4 rings (SSSR count). The zero-order valence-electron chi connectivity index (χ0n) is 14.2. The van der Waals surface area contributed by atoms with Crippen molar-refractivity contribution in [1.82, 2.24) is 9.97 Å². The van der Waals surface area contributed by atoms with E-state index in [-0.39, 0.29) is 0 Å². The number of thiophene rings is 1. The Morgan fingerprint density at radius 3 is 2.72 bits per heavy atom. The number of fused-ring (bicyclic) bond motifs is 1. The fourth-order valence-corrected chi connectivity index (χ4v) is 4.17. The largest absolute Gasteiger partial charge is 0.388 e. The highest BCUT2D eigenvalue weighted by Crippen LogP contribution is 2.35. The molecule has 0 aliphatic carbocycles. The van der Waals surface area contributed by atoms with Gasteiger partial charge in [0.15, 0.2) is 0 Å². The summed E-state index contributed by atoms with van der Waals surface area (Å²) in [6.07, 6.45) is 1.29. The van der Waals surface area contributed by atoms with E-state index >= 15 is 0 Å². The number of nitrogens with zero attached hydrogens (tertiary/aromatic N) is 2. The van der Waals surface area contributed by atoms with Gasteiger partial charge in [-0.3, -0.25) is 0 Å². The molecule has 5 nitrogen and oxygen atoms in total. The van der Waals surface area contributed by atoms with Crippen LogP contribution in [0.3, 0.4) is 0 Å². The molecule has 3 aromatic rings. The molecule has 3 heterocycles. The summed E-state index contributed by atoms with van der Waals surface area (Å²) >= 11 is 1.67. The molecule has 1 aliphatic rings. The lowest BCUT2D eigenvalue weighted by atomic mass is 9.94. The SMILES string of the molecule is Cc1nc(NCC2(O)CCOCC2)c2cc(-c3ccccc3)sc2n1. The molecule has 0 spiro atoms. The fourth-order valence-electron chi connectivity index (χ4n) is 3.08. The number of rotatable bonds is 4. The maximum Gasteiger partial charge on any atom is 0.138 e. The number of benzene rings is 1. The molecule has 25 heavy (non-hydrogen) atoms. The standard InChI is InChI=1S/C19H21N3O2S/c1-13-21-17(20-12-19(23)7-9-24-10-8-19)15-11-16(25-18(15)22-13)14-5-3-2-4-6-14/h2-6,11,23H,7-10,12H2,1H3,(H,20,21,22). The maximum absolute atomic E-state index is 10.7. The minimum atomic E-state index is -0.734. The van der Waals surface area contributed by atoms with Crippen LogP contribution in [0.1, 0.15) is 18.7 Å². The van der Waals surface area contributed by atoms with Crippen molar-refractivity contribution in [3.63, 3.8) is 0 Å². The zero-order chi connectivity index (χ0) is 17.3. The maximum atomic E-state index is 10.7. The molecule has 2 aromatic heterocycles. The first-order valence-electron chi connectivity index (χ1n) is 8.51. The van der Waals surface area contributed by atoms with Gasteiger partial charge in [0.2, 0.25) is 0 Å². The van der Waals surface area contributed by atoms with Crippen LogP contribution in [0.5, 0.6) is 0 Å². The molecular formula is C19H21N3O2S. The van der Waals surface area contributed by atoms with Gasteiger partial charge in [0.05, 0.1) is 11.0 Å². The van der Waals surface area contributed by atoms with Crippen LogP contribution in [-0.4, -0.2) is 40.4 Å². The number of hydrogen-bond acceptors (Lipinski definition) is 6. The summed E-state index contributed by atoms with van der Waals surface area (Å²) in [4.78, 5) is 11.3. The number of nitrogens with one attached hydrogen (secondary N) is 1. The molecule has 0 atom stereocenters. The third kappa shape index (κ3) is 3.51. The predicted molar refractivity (Wildman–Crippen MR) is 101 cm³/mol. The van der Waals surface area contributed by atoms with Gasteiger partial charge in [-0.05, 0) is 18.6 Å². The molecule has 130 valence electrons. The van der Waals surface area contributed by atoms with Gasteiger partial charge >= 0.3 is 0 Å². The second kappa shape index (κ2) is 6.71. The lowest BCUT2D eigenvalue weighted by molar-refractivity contribution is -0.0543. The predicted octanol–water partition coefficient (Wildman–Crippen LogP) is 3.62. The van der Waals surface area contributed by atoms with E-state index in [9.17, 15) is 5.11 Å². The molecular weight excluding hydrogens is 334 g/mol. The van der Waals surface area contributed by atoms with Crippen LogP contribution in [0.25, 0.3) is 20.7 Å². The molecule has 0 radical (unpaired) electrons. The van der Waals surface area contributed by atoms with Crippen molar-refractivity contribution < 1.29 is 9.84 Å². The smallest absolute Gasteiger partial charge is 0.138 e.